The molecule has 0 aromatic heterocycles. The van der Waals surface area contributed by atoms with E-state index in [1.54, 1.807) is 31.2 Å². The van der Waals surface area contributed by atoms with Crippen LogP contribution in [0.1, 0.15) is 12.5 Å². The summed E-state index contributed by atoms with van der Waals surface area (Å²) in [6.07, 6.45) is 1.42. The molecular weight excluding hydrogens is 390 g/mol. The number of nitrogens with one attached hydrogen (secondary N) is 1. The first-order valence-corrected chi connectivity index (χ1v) is 9.11. The molecule has 2 aromatic carbocycles. The topological polar surface area (TPSA) is 103 Å². The highest BCUT2D eigenvalue weighted by atomic mass is 16.5. The highest BCUT2D eigenvalue weighted by molar-refractivity contribution is 6.26. The van der Waals surface area contributed by atoms with Crippen LogP contribution in [-0.2, 0) is 19.1 Å². The number of ether oxygens (including phenoxy) is 4. The highest BCUT2D eigenvalue weighted by Gasteiger charge is 2.37. The Labute approximate surface area is 173 Å². The van der Waals surface area contributed by atoms with E-state index in [2.05, 4.69) is 5.32 Å². The molecule has 30 heavy (non-hydrogen) atoms. The van der Waals surface area contributed by atoms with Gasteiger partial charge in [0.25, 0.3) is 0 Å². The van der Waals surface area contributed by atoms with Gasteiger partial charge in [-0.25, -0.2) is 4.79 Å². The lowest BCUT2D eigenvalue weighted by Gasteiger charge is -2.10. The number of para-hydroxylation sites is 1. The van der Waals surface area contributed by atoms with E-state index in [1.807, 2.05) is 6.07 Å². The Morgan fingerprint density at radius 2 is 1.77 bits per heavy atom. The van der Waals surface area contributed by atoms with Crippen molar-refractivity contribution < 1.29 is 33.6 Å². The molecule has 0 saturated heterocycles. The lowest BCUT2D eigenvalue weighted by atomic mass is 10.1. The number of phenols is 1. The number of anilines is 1. The zero-order valence-electron chi connectivity index (χ0n) is 16.7. The van der Waals surface area contributed by atoms with Crippen LogP contribution in [0, 0.1) is 0 Å². The van der Waals surface area contributed by atoms with Crippen molar-refractivity contribution >= 4 is 23.5 Å². The van der Waals surface area contributed by atoms with Crippen LogP contribution >= 0.6 is 0 Å². The molecule has 2 aromatic rings. The first-order chi connectivity index (χ1) is 14.5. The van der Waals surface area contributed by atoms with Crippen LogP contribution in [0.3, 0.4) is 0 Å². The van der Waals surface area contributed by atoms with E-state index in [-0.39, 0.29) is 41.1 Å². The summed E-state index contributed by atoms with van der Waals surface area (Å²) in [4.78, 5) is 25.3. The molecule has 0 saturated carbocycles. The van der Waals surface area contributed by atoms with Crippen LogP contribution < -0.4 is 14.8 Å². The van der Waals surface area contributed by atoms with E-state index in [9.17, 15) is 14.7 Å². The van der Waals surface area contributed by atoms with E-state index in [4.69, 9.17) is 18.9 Å². The predicted molar refractivity (Wildman–Crippen MR) is 109 cm³/mol. The number of aromatic hydroxyl groups is 1. The van der Waals surface area contributed by atoms with Crippen LogP contribution in [0.15, 0.2) is 59.7 Å². The fourth-order valence-electron chi connectivity index (χ4n) is 2.81. The SMILES string of the molecule is CCOC(=O)C1=C(Nc2ccccc2)OC(=Cc2cc(OC)c(O)c(OC)c2)C1=O. The summed E-state index contributed by atoms with van der Waals surface area (Å²) in [5.41, 5.74) is 0.870. The van der Waals surface area contributed by atoms with E-state index in [1.165, 1.54) is 32.4 Å². The first kappa shape index (κ1) is 20.8. The molecule has 1 aliphatic rings. The van der Waals surface area contributed by atoms with Gasteiger partial charge >= 0.3 is 5.97 Å². The Kier molecular flexibility index (Phi) is 6.26. The Hall–Kier alpha value is -3.94. The van der Waals surface area contributed by atoms with E-state index < -0.39 is 11.8 Å². The summed E-state index contributed by atoms with van der Waals surface area (Å²) >= 11 is 0. The van der Waals surface area contributed by atoms with Gasteiger partial charge in [0, 0.05) is 5.69 Å². The van der Waals surface area contributed by atoms with E-state index in [0.717, 1.165) is 0 Å². The fraction of sp³-hybridized carbons (Fsp3) is 0.182. The van der Waals surface area contributed by atoms with Gasteiger partial charge in [0.15, 0.2) is 22.8 Å². The maximum absolute atomic E-state index is 12.9. The zero-order chi connectivity index (χ0) is 21.7. The number of ketones is 1. The largest absolute Gasteiger partial charge is 0.502 e. The maximum atomic E-state index is 12.9. The molecule has 3 rings (SSSR count). The summed E-state index contributed by atoms with van der Waals surface area (Å²) in [6, 6.07) is 12.0. The number of benzene rings is 2. The third kappa shape index (κ3) is 4.22. The fourth-order valence-corrected chi connectivity index (χ4v) is 2.81. The number of allylic oxidation sites excluding steroid dienone is 1. The second-order valence-electron chi connectivity index (χ2n) is 6.13. The highest BCUT2D eigenvalue weighted by Crippen LogP contribution is 2.38. The lowest BCUT2D eigenvalue weighted by Crippen LogP contribution is -2.16. The molecule has 0 amide bonds. The molecule has 0 spiro atoms. The summed E-state index contributed by atoms with van der Waals surface area (Å²) in [5, 5.41) is 13.0. The molecule has 8 nitrogen and oxygen atoms in total. The summed E-state index contributed by atoms with van der Waals surface area (Å²) in [6.45, 7) is 1.76. The third-order valence-electron chi connectivity index (χ3n) is 4.20. The van der Waals surface area contributed by atoms with Gasteiger partial charge in [-0.2, -0.15) is 0 Å². The van der Waals surface area contributed by atoms with Gasteiger partial charge in [-0.05, 0) is 42.8 Å². The standard InChI is InChI=1S/C22H21NO7/c1-4-29-22(26)18-20(25)17(30-21(18)23-14-8-6-5-7-9-14)12-13-10-15(27-2)19(24)16(11-13)28-3/h5-12,23-24H,4H2,1-3H3. The quantitative estimate of drug-likeness (QED) is 0.407. The molecule has 1 aliphatic heterocycles. The van der Waals surface area contributed by atoms with Crippen molar-refractivity contribution in [2.24, 2.45) is 0 Å². The van der Waals surface area contributed by atoms with Crippen molar-refractivity contribution in [3.8, 4) is 17.2 Å². The Bertz CT molecular complexity index is 1000. The number of hydrogen-bond acceptors (Lipinski definition) is 8. The first-order valence-electron chi connectivity index (χ1n) is 9.11. The number of carbonyl (C=O) groups excluding carboxylic acids is 2. The molecule has 0 radical (unpaired) electrons. The molecule has 1 heterocycles. The number of phenolic OH excluding ortho intramolecular Hbond substituents is 1. The zero-order valence-corrected chi connectivity index (χ0v) is 16.7. The average Bonchev–Trinajstić information content (AvgIpc) is 3.04. The van der Waals surface area contributed by atoms with Crippen molar-refractivity contribution in [2.75, 3.05) is 26.1 Å². The summed E-state index contributed by atoms with van der Waals surface area (Å²) < 4.78 is 20.9. The maximum Gasteiger partial charge on any atom is 0.347 e. The van der Waals surface area contributed by atoms with Crippen LogP contribution in [0.2, 0.25) is 0 Å². The Morgan fingerprint density at radius 3 is 2.33 bits per heavy atom. The molecular formula is C22H21NO7. The van der Waals surface area contributed by atoms with Gasteiger partial charge < -0.3 is 29.4 Å². The van der Waals surface area contributed by atoms with Crippen LogP contribution in [0.25, 0.3) is 6.08 Å². The number of methoxy groups -OCH3 is 2. The van der Waals surface area contributed by atoms with E-state index in [0.29, 0.717) is 11.3 Å². The monoisotopic (exact) mass is 411 g/mol. The van der Waals surface area contributed by atoms with Gasteiger partial charge in [-0.3, -0.25) is 4.79 Å². The van der Waals surface area contributed by atoms with Gasteiger partial charge in [0.05, 0.1) is 20.8 Å². The van der Waals surface area contributed by atoms with Crippen LogP contribution in [-0.4, -0.2) is 37.7 Å². The number of hydrogen-bond donors (Lipinski definition) is 2. The van der Waals surface area contributed by atoms with Crippen molar-refractivity contribution in [3.63, 3.8) is 0 Å². The molecule has 156 valence electrons. The second kappa shape index (κ2) is 9.04. The van der Waals surface area contributed by atoms with Crippen LogP contribution in [0.5, 0.6) is 17.2 Å². The molecule has 0 unspecified atom stereocenters. The summed E-state index contributed by atoms with van der Waals surface area (Å²) in [7, 11) is 2.79. The Balaban J connectivity index is 1.99. The van der Waals surface area contributed by atoms with Crippen LogP contribution in [0.4, 0.5) is 5.69 Å². The van der Waals surface area contributed by atoms with Crippen molar-refractivity contribution in [1.82, 2.24) is 0 Å². The van der Waals surface area contributed by atoms with Gasteiger partial charge in [0.2, 0.25) is 17.4 Å². The van der Waals surface area contributed by atoms with Gasteiger partial charge in [0.1, 0.15) is 0 Å². The number of esters is 1. The molecule has 2 N–H and O–H groups in total. The molecule has 0 bridgehead atoms. The van der Waals surface area contributed by atoms with Crippen molar-refractivity contribution in [2.45, 2.75) is 6.92 Å². The smallest absolute Gasteiger partial charge is 0.347 e. The number of rotatable bonds is 7. The van der Waals surface area contributed by atoms with E-state index >= 15 is 0 Å². The lowest BCUT2D eigenvalue weighted by molar-refractivity contribution is -0.139. The van der Waals surface area contributed by atoms with Crippen molar-refractivity contribution in [3.05, 3.63) is 65.2 Å². The van der Waals surface area contributed by atoms with Gasteiger partial charge in [-0.1, -0.05) is 18.2 Å². The van der Waals surface area contributed by atoms with Gasteiger partial charge in [-0.15, -0.1) is 0 Å². The second-order valence-corrected chi connectivity index (χ2v) is 6.13. The molecule has 0 fully saturated rings. The number of Topliss-reactive ketones (excluding diaryl/α,β-unsaturated/α-hetero) is 1. The Morgan fingerprint density at radius 1 is 1.13 bits per heavy atom. The number of carbonyl (C=O) groups is 2. The van der Waals surface area contributed by atoms with Crippen molar-refractivity contribution in [1.29, 1.82) is 0 Å². The minimum Gasteiger partial charge on any atom is -0.502 e. The third-order valence-corrected chi connectivity index (χ3v) is 4.20. The molecule has 8 heteroatoms. The minimum atomic E-state index is -0.787. The normalized spacial score (nSPS) is 14.5. The average molecular weight is 411 g/mol. The minimum absolute atomic E-state index is 0.0198. The molecule has 0 aliphatic carbocycles. The summed E-state index contributed by atoms with van der Waals surface area (Å²) in [5.74, 6) is -1.37. The predicted octanol–water partition coefficient (Wildman–Crippen LogP) is 3.24. The molecule has 0 atom stereocenters.